The number of nitrogens with zero attached hydrogens (tertiary/aromatic N) is 3. The molecule has 2 aromatic heterocycles. The lowest BCUT2D eigenvalue weighted by Crippen LogP contribution is -2.29. The first kappa shape index (κ1) is 18.1. The number of hydrogen-bond donors (Lipinski definition) is 1. The van der Waals surface area contributed by atoms with Crippen molar-refractivity contribution in [2.75, 3.05) is 6.54 Å². The Kier molecular flexibility index (Phi) is 5.18. The van der Waals surface area contributed by atoms with Crippen molar-refractivity contribution < 1.29 is 9.21 Å². The van der Waals surface area contributed by atoms with Gasteiger partial charge in [-0.25, -0.2) is 9.48 Å². The van der Waals surface area contributed by atoms with Crippen LogP contribution in [0.1, 0.15) is 62.3 Å². The normalized spacial score (nSPS) is 21.1. The molecule has 7 heteroatoms. The van der Waals surface area contributed by atoms with E-state index in [-0.39, 0.29) is 11.6 Å². The standard InChI is InChI=1S/C20H28N4O3/c1-14-13-16(14)17-8-6-15(27-17)7-9-19(25)21-10-4-12-24-20(26)23-11-3-2-5-18(23)22-24/h6,8,14,16H,2-5,7,9-13H2,1H3,(H,21,25). The van der Waals surface area contributed by atoms with E-state index in [9.17, 15) is 9.59 Å². The molecule has 1 fully saturated rings. The van der Waals surface area contributed by atoms with Crippen LogP contribution in [0.2, 0.25) is 0 Å². The molecule has 1 saturated carbocycles. The average molecular weight is 372 g/mol. The van der Waals surface area contributed by atoms with E-state index in [1.54, 1.807) is 4.57 Å². The van der Waals surface area contributed by atoms with E-state index in [0.29, 0.717) is 38.3 Å². The maximum atomic E-state index is 12.2. The number of carbonyl (C=O) groups is 1. The van der Waals surface area contributed by atoms with Gasteiger partial charge < -0.3 is 9.73 Å². The van der Waals surface area contributed by atoms with Crippen molar-refractivity contribution in [3.05, 3.63) is 40.0 Å². The van der Waals surface area contributed by atoms with Gasteiger partial charge in [-0.3, -0.25) is 9.36 Å². The van der Waals surface area contributed by atoms with Crippen molar-refractivity contribution in [2.45, 2.75) is 70.9 Å². The van der Waals surface area contributed by atoms with E-state index in [1.165, 1.54) is 11.1 Å². The second-order valence-corrected chi connectivity index (χ2v) is 7.86. The largest absolute Gasteiger partial charge is 0.466 e. The van der Waals surface area contributed by atoms with Gasteiger partial charge in [-0.15, -0.1) is 0 Å². The zero-order valence-corrected chi connectivity index (χ0v) is 15.9. The maximum Gasteiger partial charge on any atom is 0.345 e. The molecule has 2 aliphatic rings. The molecular weight excluding hydrogens is 344 g/mol. The van der Waals surface area contributed by atoms with Gasteiger partial charge in [0.1, 0.15) is 17.3 Å². The molecule has 1 aliphatic heterocycles. The topological polar surface area (TPSA) is 82.1 Å². The molecule has 7 nitrogen and oxygen atoms in total. The summed E-state index contributed by atoms with van der Waals surface area (Å²) in [7, 11) is 0. The molecular formula is C20H28N4O3. The fraction of sp³-hybridized carbons (Fsp3) is 0.650. The third-order valence-electron chi connectivity index (χ3n) is 5.66. The molecule has 0 spiro atoms. The fourth-order valence-electron chi connectivity index (χ4n) is 3.82. The van der Waals surface area contributed by atoms with Crippen molar-refractivity contribution in [2.24, 2.45) is 5.92 Å². The summed E-state index contributed by atoms with van der Waals surface area (Å²) in [6.45, 7) is 4.10. The van der Waals surface area contributed by atoms with Crippen LogP contribution >= 0.6 is 0 Å². The molecule has 0 aromatic carbocycles. The molecule has 3 heterocycles. The highest BCUT2D eigenvalue weighted by atomic mass is 16.3. The smallest absolute Gasteiger partial charge is 0.345 e. The Balaban J connectivity index is 1.16. The van der Waals surface area contributed by atoms with Crippen molar-refractivity contribution in [1.29, 1.82) is 0 Å². The second kappa shape index (κ2) is 7.74. The minimum atomic E-state index is -0.0189. The van der Waals surface area contributed by atoms with Gasteiger partial charge >= 0.3 is 5.69 Å². The SMILES string of the molecule is CC1CC1c1ccc(CCC(=O)NCCCn2nc3n(c2=O)CCCC3)o1. The zero-order valence-electron chi connectivity index (χ0n) is 15.9. The van der Waals surface area contributed by atoms with E-state index in [2.05, 4.69) is 17.3 Å². The highest BCUT2D eigenvalue weighted by Crippen LogP contribution is 2.47. The Bertz CT molecular complexity index is 863. The molecule has 1 aliphatic carbocycles. The van der Waals surface area contributed by atoms with Gasteiger partial charge in [-0.05, 0) is 43.7 Å². The second-order valence-electron chi connectivity index (χ2n) is 7.86. The number of nitrogens with one attached hydrogen (secondary N) is 1. The van der Waals surface area contributed by atoms with Crippen LogP contribution in [0.5, 0.6) is 0 Å². The highest BCUT2D eigenvalue weighted by molar-refractivity contribution is 5.76. The summed E-state index contributed by atoms with van der Waals surface area (Å²) in [6, 6.07) is 4.03. The average Bonchev–Trinajstić information content (AvgIpc) is 3.09. The van der Waals surface area contributed by atoms with Crippen molar-refractivity contribution >= 4 is 5.91 Å². The number of hydrogen-bond acceptors (Lipinski definition) is 4. The molecule has 146 valence electrons. The predicted molar refractivity (Wildman–Crippen MR) is 101 cm³/mol. The van der Waals surface area contributed by atoms with E-state index < -0.39 is 0 Å². The molecule has 2 atom stereocenters. The summed E-state index contributed by atoms with van der Waals surface area (Å²) in [5.41, 5.74) is -0.0189. The Labute approximate surface area is 158 Å². The first-order valence-electron chi connectivity index (χ1n) is 10.1. The molecule has 0 saturated heterocycles. The van der Waals surface area contributed by atoms with E-state index >= 15 is 0 Å². The summed E-state index contributed by atoms with van der Waals surface area (Å²) in [4.78, 5) is 24.3. The predicted octanol–water partition coefficient (Wildman–Crippen LogP) is 2.24. The number of carbonyl (C=O) groups excluding carboxylic acids is 1. The van der Waals surface area contributed by atoms with Crippen LogP contribution < -0.4 is 11.0 Å². The third-order valence-corrected chi connectivity index (χ3v) is 5.66. The van der Waals surface area contributed by atoms with E-state index in [0.717, 1.165) is 49.1 Å². The lowest BCUT2D eigenvalue weighted by molar-refractivity contribution is -0.121. The van der Waals surface area contributed by atoms with Crippen molar-refractivity contribution in [3.63, 3.8) is 0 Å². The van der Waals surface area contributed by atoms with E-state index in [1.807, 2.05) is 12.1 Å². The minimum absolute atomic E-state index is 0.0178. The summed E-state index contributed by atoms with van der Waals surface area (Å²) < 4.78 is 9.15. The molecule has 2 aromatic rings. The quantitative estimate of drug-likeness (QED) is 0.721. The van der Waals surface area contributed by atoms with Crippen LogP contribution in [-0.4, -0.2) is 26.8 Å². The number of aryl methyl sites for hydroxylation is 3. The number of aromatic nitrogens is 3. The summed E-state index contributed by atoms with van der Waals surface area (Å²) in [6.07, 6.45) is 5.98. The Morgan fingerprint density at radius 2 is 2.22 bits per heavy atom. The van der Waals surface area contributed by atoms with Crippen LogP contribution in [0.4, 0.5) is 0 Å². The first-order valence-corrected chi connectivity index (χ1v) is 10.1. The van der Waals surface area contributed by atoms with Gasteiger partial charge in [0.2, 0.25) is 5.91 Å². The van der Waals surface area contributed by atoms with Gasteiger partial charge in [0.15, 0.2) is 0 Å². The molecule has 1 amide bonds. The maximum absolute atomic E-state index is 12.2. The summed E-state index contributed by atoms with van der Waals surface area (Å²) in [5.74, 6) is 4.16. The van der Waals surface area contributed by atoms with Gasteiger partial charge in [0, 0.05) is 44.8 Å². The zero-order chi connectivity index (χ0) is 18.8. The van der Waals surface area contributed by atoms with Gasteiger partial charge in [0.05, 0.1) is 0 Å². The molecule has 0 radical (unpaired) electrons. The summed E-state index contributed by atoms with van der Waals surface area (Å²) >= 11 is 0. The molecule has 2 unspecified atom stereocenters. The number of furan rings is 1. The van der Waals surface area contributed by atoms with Crippen LogP contribution in [0.3, 0.4) is 0 Å². The summed E-state index contributed by atoms with van der Waals surface area (Å²) in [5, 5.41) is 7.33. The Morgan fingerprint density at radius 3 is 3.00 bits per heavy atom. The van der Waals surface area contributed by atoms with Crippen LogP contribution in [0.15, 0.2) is 21.3 Å². The first-order chi connectivity index (χ1) is 13.1. The van der Waals surface area contributed by atoms with Crippen LogP contribution in [0, 0.1) is 5.92 Å². The third kappa shape index (κ3) is 4.17. The van der Waals surface area contributed by atoms with Gasteiger partial charge in [-0.1, -0.05) is 6.92 Å². The lowest BCUT2D eigenvalue weighted by Gasteiger charge is -2.09. The van der Waals surface area contributed by atoms with Crippen LogP contribution in [0.25, 0.3) is 0 Å². The van der Waals surface area contributed by atoms with E-state index in [4.69, 9.17) is 4.42 Å². The molecule has 4 rings (SSSR count). The fourth-order valence-corrected chi connectivity index (χ4v) is 3.82. The highest BCUT2D eigenvalue weighted by Gasteiger charge is 2.36. The van der Waals surface area contributed by atoms with Gasteiger partial charge in [0.25, 0.3) is 0 Å². The molecule has 27 heavy (non-hydrogen) atoms. The number of fused-ring (bicyclic) bond motifs is 1. The molecule has 1 N–H and O–H groups in total. The lowest BCUT2D eigenvalue weighted by atomic mass is 10.2. The minimum Gasteiger partial charge on any atom is -0.466 e. The monoisotopic (exact) mass is 372 g/mol. The number of rotatable bonds is 8. The number of amides is 1. The van der Waals surface area contributed by atoms with Gasteiger partial charge in [-0.2, -0.15) is 5.10 Å². The Hall–Kier alpha value is -2.31. The Morgan fingerprint density at radius 1 is 1.37 bits per heavy atom. The van der Waals surface area contributed by atoms with Crippen molar-refractivity contribution in [1.82, 2.24) is 19.7 Å². The van der Waals surface area contributed by atoms with Crippen molar-refractivity contribution in [3.8, 4) is 0 Å². The molecule has 0 bridgehead atoms. The van der Waals surface area contributed by atoms with Crippen LogP contribution in [-0.2, 0) is 30.7 Å².